The first-order valence-electron chi connectivity index (χ1n) is 9.24. The van der Waals surface area contributed by atoms with Crippen LogP contribution in [0.15, 0.2) is 70.7 Å². The summed E-state index contributed by atoms with van der Waals surface area (Å²) in [6, 6.07) is 18.4. The Morgan fingerprint density at radius 3 is 2.34 bits per heavy atom. The predicted molar refractivity (Wildman–Crippen MR) is 129 cm³/mol. The van der Waals surface area contributed by atoms with E-state index in [1.54, 1.807) is 60.7 Å². The molecule has 8 heteroatoms. The number of nitriles is 1. The van der Waals surface area contributed by atoms with Crippen LogP contribution in [0.1, 0.15) is 21.5 Å². The molecule has 3 rings (SSSR count). The van der Waals surface area contributed by atoms with E-state index in [9.17, 15) is 14.9 Å². The van der Waals surface area contributed by atoms with E-state index in [0.29, 0.717) is 15.6 Å². The van der Waals surface area contributed by atoms with Crippen LogP contribution in [0.4, 0.5) is 5.69 Å². The number of amides is 1. The number of halogens is 3. The van der Waals surface area contributed by atoms with Gasteiger partial charge in [-0.1, -0.05) is 62.9 Å². The number of hydrogen-bond acceptors (Lipinski definition) is 4. The fraction of sp³-hybridized carbons (Fsp3) is 0.0417. The molecule has 0 fully saturated rings. The number of carbonyl (C=O) groups is 2. The lowest BCUT2D eigenvalue weighted by Crippen LogP contribution is -2.14. The Labute approximate surface area is 203 Å². The molecule has 0 aromatic heterocycles. The standard InChI is InChI=1S/C24H15BrCl2N2O3/c1-14-5-7-15(8-6-14)24(31)32-21-10-9-18(25)12-16(21)11-17(13-28)23(30)29-22-19(26)3-2-4-20(22)27/h2-12H,1H3,(H,29,30)/b17-11+. The minimum Gasteiger partial charge on any atom is -0.422 e. The van der Waals surface area contributed by atoms with Gasteiger partial charge in [-0.2, -0.15) is 5.26 Å². The van der Waals surface area contributed by atoms with E-state index in [1.165, 1.54) is 6.08 Å². The highest BCUT2D eigenvalue weighted by molar-refractivity contribution is 9.10. The summed E-state index contributed by atoms with van der Waals surface area (Å²) in [5, 5.41) is 12.6. The van der Waals surface area contributed by atoms with Crippen LogP contribution in [0, 0.1) is 18.3 Å². The van der Waals surface area contributed by atoms with Gasteiger partial charge < -0.3 is 10.1 Å². The van der Waals surface area contributed by atoms with Crippen molar-refractivity contribution in [1.29, 1.82) is 5.26 Å². The van der Waals surface area contributed by atoms with Crippen molar-refractivity contribution in [2.24, 2.45) is 0 Å². The zero-order valence-corrected chi connectivity index (χ0v) is 19.8. The van der Waals surface area contributed by atoms with Crippen molar-refractivity contribution in [3.8, 4) is 11.8 Å². The number of nitrogens with zero attached hydrogens (tertiary/aromatic N) is 1. The van der Waals surface area contributed by atoms with Crippen molar-refractivity contribution in [3.63, 3.8) is 0 Å². The molecule has 0 aliphatic rings. The number of benzene rings is 3. The average molecular weight is 530 g/mol. The number of ether oxygens (including phenoxy) is 1. The molecule has 32 heavy (non-hydrogen) atoms. The molecule has 0 aliphatic carbocycles. The molecule has 0 bridgehead atoms. The second-order valence-electron chi connectivity index (χ2n) is 6.66. The molecule has 0 radical (unpaired) electrons. The summed E-state index contributed by atoms with van der Waals surface area (Å²) in [5.41, 5.74) is 1.71. The molecule has 5 nitrogen and oxygen atoms in total. The van der Waals surface area contributed by atoms with E-state index in [-0.39, 0.29) is 27.1 Å². The van der Waals surface area contributed by atoms with Crippen molar-refractivity contribution < 1.29 is 14.3 Å². The van der Waals surface area contributed by atoms with Gasteiger partial charge in [0.15, 0.2) is 0 Å². The number of carbonyl (C=O) groups excluding carboxylic acids is 2. The highest BCUT2D eigenvalue weighted by Crippen LogP contribution is 2.31. The molecule has 0 aliphatic heterocycles. The minimum atomic E-state index is -0.710. The zero-order chi connectivity index (χ0) is 23.3. The van der Waals surface area contributed by atoms with Crippen molar-refractivity contribution in [2.45, 2.75) is 6.92 Å². The van der Waals surface area contributed by atoms with Crippen LogP contribution in [-0.4, -0.2) is 11.9 Å². The van der Waals surface area contributed by atoms with Gasteiger partial charge in [-0.3, -0.25) is 4.79 Å². The molecule has 0 saturated carbocycles. The molecular formula is C24H15BrCl2N2O3. The van der Waals surface area contributed by atoms with Gasteiger partial charge in [0.25, 0.3) is 5.91 Å². The van der Waals surface area contributed by atoms with Gasteiger partial charge in [0.1, 0.15) is 17.4 Å². The topological polar surface area (TPSA) is 79.2 Å². The van der Waals surface area contributed by atoms with Crippen LogP contribution in [-0.2, 0) is 4.79 Å². The van der Waals surface area contributed by atoms with Crippen molar-refractivity contribution in [2.75, 3.05) is 5.32 Å². The molecule has 0 saturated heterocycles. The molecule has 0 spiro atoms. The molecule has 0 heterocycles. The number of nitrogens with one attached hydrogen (secondary N) is 1. The third kappa shape index (κ3) is 5.77. The summed E-state index contributed by atoms with van der Waals surface area (Å²) >= 11 is 15.5. The third-order valence-corrected chi connectivity index (χ3v) is 5.45. The Balaban J connectivity index is 1.91. The molecule has 0 unspecified atom stereocenters. The van der Waals surface area contributed by atoms with Crippen LogP contribution in [0.2, 0.25) is 10.0 Å². The first-order valence-corrected chi connectivity index (χ1v) is 10.8. The van der Waals surface area contributed by atoms with Crippen LogP contribution >= 0.6 is 39.1 Å². The van der Waals surface area contributed by atoms with Crippen molar-refractivity contribution >= 4 is 62.8 Å². The smallest absolute Gasteiger partial charge is 0.343 e. The fourth-order valence-corrected chi connectivity index (χ4v) is 3.55. The third-order valence-electron chi connectivity index (χ3n) is 4.33. The highest BCUT2D eigenvalue weighted by atomic mass is 79.9. The number of para-hydroxylation sites is 1. The number of aryl methyl sites for hydroxylation is 1. The number of anilines is 1. The number of esters is 1. The molecule has 0 atom stereocenters. The van der Waals surface area contributed by atoms with E-state index in [2.05, 4.69) is 21.2 Å². The lowest BCUT2D eigenvalue weighted by molar-refractivity contribution is -0.112. The summed E-state index contributed by atoms with van der Waals surface area (Å²) in [5.74, 6) is -1.08. The normalized spacial score (nSPS) is 10.9. The number of rotatable bonds is 5. The summed E-state index contributed by atoms with van der Waals surface area (Å²) in [4.78, 5) is 25.2. The van der Waals surface area contributed by atoms with Gasteiger partial charge in [0.2, 0.25) is 0 Å². The largest absolute Gasteiger partial charge is 0.422 e. The molecule has 3 aromatic rings. The summed E-state index contributed by atoms with van der Waals surface area (Å²) < 4.78 is 6.19. The van der Waals surface area contributed by atoms with Crippen molar-refractivity contribution in [1.82, 2.24) is 0 Å². The minimum absolute atomic E-state index is 0.190. The number of hydrogen-bond donors (Lipinski definition) is 1. The first kappa shape index (κ1) is 23.6. The van der Waals surface area contributed by atoms with E-state index in [1.807, 2.05) is 13.0 Å². The zero-order valence-electron chi connectivity index (χ0n) is 16.7. The summed E-state index contributed by atoms with van der Waals surface area (Å²) in [7, 11) is 0. The van der Waals surface area contributed by atoms with Gasteiger partial charge >= 0.3 is 5.97 Å². The average Bonchev–Trinajstić information content (AvgIpc) is 2.76. The van der Waals surface area contributed by atoms with Crippen molar-refractivity contribution in [3.05, 3.63) is 97.4 Å². The van der Waals surface area contributed by atoms with Crippen LogP contribution in [0.25, 0.3) is 6.08 Å². The van der Waals surface area contributed by atoms with Gasteiger partial charge in [-0.25, -0.2) is 4.79 Å². The molecule has 3 aromatic carbocycles. The van der Waals surface area contributed by atoms with Gasteiger partial charge in [-0.15, -0.1) is 0 Å². The van der Waals surface area contributed by atoms with Gasteiger partial charge in [0.05, 0.1) is 21.3 Å². The highest BCUT2D eigenvalue weighted by Gasteiger charge is 2.16. The van der Waals surface area contributed by atoms with Crippen LogP contribution in [0.3, 0.4) is 0 Å². The van der Waals surface area contributed by atoms with Gasteiger partial charge in [-0.05, 0) is 55.5 Å². The Morgan fingerprint density at radius 1 is 1.06 bits per heavy atom. The van der Waals surface area contributed by atoms with Crippen LogP contribution in [0.5, 0.6) is 5.75 Å². The monoisotopic (exact) mass is 528 g/mol. The quantitative estimate of drug-likeness (QED) is 0.170. The summed E-state index contributed by atoms with van der Waals surface area (Å²) in [6.07, 6.45) is 1.32. The predicted octanol–water partition coefficient (Wildman–Crippen LogP) is 6.83. The van der Waals surface area contributed by atoms with E-state index in [4.69, 9.17) is 27.9 Å². The van der Waals surface area contributed by atoms with Gasteiger partial charge in [0, 0.05) is 10.0 Å². The second kappa shape index (κ2) is 10.5. The maximum atomic E-state index is 12.7. The summed E-state index contributed by atoms with van der Waals surface area (Å²) in [6.45, 7) is 1.91. The maximum Gasteiger partial charge on any atom is 0.343 e. The lowest BCUT2D eigenvalue weighted by Gasteiger charge is -2.10. The SMILES string of the molecule is Cc1ccc(C(=O)Oc2ccc(Br)cc2/C=C(\C#N)C(=O)Nc2c(Cl)cccc2Cl)cc1. The Morgan fingerprint density at radius 2 is 1.72 bits per heavy atom. The lowest BCUT2D eigenvalue weighted by atomic mass is 10.1. The molecule has 1 N–H and O–H groups in total. The maximum absolute atomic E-state index is 12.7. The van der Waals surface area contributed by atoms with E-state index < -0.39 is 11.9 Å². The van der Waals surface area contributed by atoms with E-state index in [0.717, 1.165) is 5.56 Å². The Kier molecular flexibility index (Phi) is 7.70. The van der Waals surface area contributed by atoms with Crippen LogP contribution < -0.4 is 10.1 Å². The second-order valence-corrected chi connectivity index (χ2v) is 8.39. The Hall–Kier alpha value is -3.11. The fourth-order valence-electron chi connectivity index (χ4n) is 2.68. The molecule has 160 valence electrons. The first-order chi connectivity index (χ1) is 15.3. The molecule has 1 amide bonds. The molecular weight excluding hydrogens is 515 g/mol. The van der Waals surface area contributed by atoms with E-state index >= 15 is 0 Å². The Bertz CT molecular complexity index is 1240.